The molecule has 1 saturated carbocycles. The molecule has 1 aliphatic carbocycles. The van der Waals surface area contributed by atoms with Crippen LogP contribution in [0.15, 0.2) is 23.2 Å². The molecular formula is C14H16ClNO2. The fourth-order valence-corrected chi connectivity index (χ4v) is 3.20. The molecule has 2 rings (SSSR count). The van der Waals surface area contributed by atoms with Crippen molar-refractivity contribution in [1.82, 2.24) is 0 Å². The van der Waals surface area contributed by atoms with Crippen LogP contribution in [0.25, 0.3) is 0 Å². The number of hydrogen-bond donors (Lipinski definition) is 0. The lowest BCUT2D eigenvalue weighted by Crippen LogP contribution is -2.22. The summed E-state index contributed by atoms with van der Waals surface area (Å²) in [6, 6.07) is 5.72. The Bertz CT molecular complexity index is 475. The number of hydrogen-bond acceptors (Lipinski definition) is 3. The quantitative estimate of drug-likeness (QED) is 0.616. The SMILES string of the molecule is COCc1cccc(Cl)c1C1(N=C=O)CCCC1. The third-order valence-electron chi connectivity index (χ3n) is 3.56. The highest BCUT2D eigenvalue weighted by atomic mass is 35.5. The third kappa shape index (κ3) is 2.35. The molecule has 0 saturated heterocycles. The molecule has 1 fully saturated rings. The van der Waals surface area contributed by atoms with Gasteiger partial charge in [-0.25, -0.2) is 4.79 Å². The first kappa shape index (κ1) is 13.3. The smallest absolute Gasteiger partial charge is 0.235 e. The summed E-state index contributed by atoms with van der Waals surface area (Å²) in [5.74, 6) is 0. The van der Waals surface area contributed by atoms with Gasteiger partial charge in [0.15, 0.2) is 0 Å². The number of methoxy groups -OCH3 is 1. The monoisotopic (exact) mass is 265 g/mol. The number of halogens is 1. The van der Waals surface area contributed by atoms with Gasteiger partial charge in [-0.2, -0.15) is 4.99 Å². The van der Waals surface area contributed by atoms with Crippen LogP contribution in [0.4, 0.5) is 0 Å². The van der Waals surface area contributed by atoms with Gasteiger partial charge in [-0.1, -0.05) is 36.6 Å². The summed E-state index contributed by atoms with van der Waals surface area (Å²) in [6.07, 6.45) is 5.54. The Hall–Kier alpha value is -1.15. The van der Waals surface area contributed by atoms with Crippen molar-refractivity contribution in [3.63, 3.8) is 0 Å². The summed E-state index contributed by atoms with van der Waals surface area (Å²) >= 11 is 6.33. The first-order chi connectivity index (χ1) is 8.73. The van der Waals surface area contributed by atoms with Gasteiger partial charge in [-0.05, 0) is 24.5 Å². The molecule has 96 valence electrons. The summed E-state index contributed by atoms with van der Waals surface area (Å²) in [7, 11) is 1.65. The molecule has 0 spiro atoms. The number of aliphatic imine (C=N–C) groups is 1. The summed E-state index contributed by atoms with van der Waals surface area (Å²) in [6.45, 7) is 0.478. The molecular weight excluding hydrogens is 250 g/mol. The molecule has 0 atom stereocenters. The average Bonchev–Trinajstić information content (AvgIpc) is 2.79. The molecule has 18 heavy (non-hydrogen) atoms. The highest BCUT2D eigenvalue weighted by Gasteiger charge is 2.38. The fourth-order valence-electron chi connectivity index (χ4n) is 2.83. The maximum absolute atomic E-state index is 10.8. The van der Waals surface area contributed by atoms with E-state index < -0.39 is 5.54 Å². The topological polar surface area (TPSA) is 38.7 Å². The largest absolute Gasteiger partial charge is 0.380 e. The molecule has 1 aromatic rings. The van der Waals surface area contributed by atoms with E-state index in [0.717, 1.165) is 36.8 Å². The van der Waals surface area contributed by atoms with Gasteiger partial charge in [-0.3, -0.25) is 0 Å². The van der Waals surface area contributed by atoms with E-state index in [0.29, 0.717) is 11.6 Å². The van der Waals surface area contributed by atoms with E-state index in [1.54, 1.807) is 13.2 Å². The van der Waals surface area contributed by atoms with E-state index in [2.05, 4.69) is 4.99 Å². The molecule has 1 aromatic carbocycles. The van der Waals surface area contributed by atoms with Crippen molar-refractivity contribution in [1.29, 1.82) is 0 Å². The van der Waals surface area contributed by atoms with E-state index >= 15 is 0 Å². The first-order valence-corrected chi connectivity index (χ1v) is 6.47. The van der Waals surface area contributed by atoms with Gasteiger partial charge in [0.1, 0.15) is 0 Å². The highest BCUT2D eigenvalue weighted by molar-refractivity contribution is 6.31. The molecule has 0 heterocycles. The van der Waals surface area contributed by atoms with Gasteiger partial charge in [0.05, 0.1) is 12.1 Å². The molecule has 0 aromatic heterocycles. The number of nitrogens with zero attached hydrogens (tertiary/aromatic N) is 1. The lowest BCUT2D eigenvalue weighted by atomic mass is 9.85. The second-order valence-electron chi connectivity index (χ2n) is 4.65. The Kier molecular flexibility index (Phi) is 4.18. The van der Waals surface area contributed by atoms with E-state index in [1.807, 2.05) is 18.2 Å². The van der Waals surface area contributed by atoms with Crippen LogP contribution in [0, 0.1) is 0 Å². The van der Waals surface area contributed by atoms with Crippen LogP contribution in [0.5, 0.6) is 0 Å². The van der Waals surface area contributed by atoms with Crippen molar-refractivity contribution in [2.24, 2.45) is 4.99 Å². The first-order valence-electron chi connectivity index (χ1n) is 6.09. The molecule has 0 radical (unpaired) electrons. The molecule has 0 aliphatic heterocycles. The second kappa shape index (κ2) is 5.66. The van der Waals surface area contributed by atoms with Crippen LogP contribution in [0.2, 0.25) is 5.02 Å². The molecule has 3 nitrogen and oxygen atoms in total. The van der Waals surface area contributed by atoms with Crippen LogP contribution in [0.1, 0.15) is 36.8 Å². The molecule has 0 N–H and O–H groups in total. The standard InChI is InChI=1S/C14H16ClNO2/c1-18-9-11-5-4-6-12(15)13(11)14(16-10-17)7-2-3-8-14/h4-6H,2-3,7-9H2,1H3. The van der Waals surface area contributed by atoms with E-state index in [9.17, 15) is 4.79 Å². The van der Waals surface area contributed by atoms with E-state index in [1.165, 1.54) is 0 Å². The zero-order valence-corrected chi connectivity index (χ0v) is 11.2. The molecule has 1 aliphatic rings. The maximum atomic E-state index is 10.8. The van der Waals surface area contributed by atoms with Crippen LogP contribution >= 0.6 is 11.6 Å². The minimum Gasteiger partial charge on any atom is -0.380 e. The number of rotatable bonds is 4. The van der Waals surface area contributed by atoms with Crippen LogP contribution in [0.3, 0.4) is 0 Å². The number of carbonyl (C=O) groups excluding carboxylic acids is 1. The number of ether oxygens (including phenoxy) is 1. The molecule has 0 amide bonds. The van der Waals surface area contributed by atoms with Crippen molar-refractivity contribution < 1.29 is 9.53 Å². The lowest BCUT2D eigenvalue weighted by Gasteiger charge is -2.26. The minimum atomic E-state index is -0.492. The summed E-state index contributed by atoms with van der Waals surface area (Å²) in [5.41, 5.74) is 1.45. The summed E-state index contributed by atoms with van der Waals surface area (Å²) in [5, 5.41) is 0.658. The molecule has 0 unspecified atom stereocenters. The third-order valence-corrected chi connectivity index (χ3v) is 3.87. The number of isocyanates is 1. The van der Waals surface area contributed by atoms with Gasteiger partial charge in [0.2, 0.25) is 6.08 Å². The maximum Gasteiger partial charge on any atom is 0.235 e. The van der Waals surface area contributed by atoms with Crippen LogP contribution in [-0.4, -0.2) is 13.2 Å². The summed E-state index contributed by atoms with van der Waals surface area (Å²) in [4.78, 5) is 14.8. The summed E-state index contributed by atoms with van der Waals surface area (Å²) < 4.78 is 5.21. The Balaban J connectivity index is 2.56. The van der Waals surface area contributed by atoms with E-state index in [4.69, 9.17) is 16.3 Å². The zero-order valence-electron chi connectivity index (χ0n) is 10.4. The average molecular weight is 266 g/mol. The fraction of sp³-hybridized carbons (Fsp3) is 0.500. The van der Waals surface area contributed by atoms with Gasteiger partial charge < -0.3 is 4.74 Å². The normalized spacial score (nSPS) is 17.4. The van der Waals surface area contributed by atoms with Gasteiger partial charge >= 0.3 is 0 Å². The minimum absolute atomic E-state index is 0.478. The van der Waals surface area contributed by atoms with Crippen molar-refractivity contribution in [3.05, 3.63) is 34.3 Å². The highest BCUT2D eigenvalue weighted by Crippen LogP contribution is 2.46. The predicted octanol–water partition coefficient (Wildman–Crippen LogP) is 3.59. The predicted molar refractivity (Wildman–Crippen MR) is 70.4 cm³/mol. The Morgan fingerprint density at radius 1 is 1.44 bits per heavy atom. The molecule has 4 heteroatoms. The van der Waals surface area contributed by atoms with Gasteiger partial charge in [0.25, 0.3) is 0 Å². The zero-order chi connectivity index (χ0) is 13.0. The van der Waals surface area contributed by atoms with Crippen molar-refractivity contribution >= 4 is 17.7 Å². The van der Waals surface area contributed by atoms with Gasteiger partial charge in [-0.15, -0.1) is 0 Å². The molecule has 0 bridgehead atoms. The lowest BCUT2D eigenvalue weighted by molar-refractivity contribution is 0.182. The second-order valence-corrected chi connectivity index (χ2v) is 5.06. The number of benzene rings is 1. The van der Waals surface area contributed by atoms with Crippen LogP contribution in [-0.2, 0) is 21.7 Å². The van der Waals surface area contributed by atoms with Crippen molar-refractivity contribution in [2.75, 3.05) is 7.11 Å². The van der Waals surface area contributed by atoms with Crippen LogP contribution < -0.4 is 0 Å². The van der Waals surface area contributed by atoms with Gasteiger partial charge in [0, 0.05) is 17.7 Å². The Labute approximate surface area is 112 Å². The van der Waals surface area contributed by atoms with Crippen molar-refractivity contribution in [2.45, 2.75) is 37.8 Å². The Morgan fingerprint density at radius 3 is 2.78 bits per heavy atom. The van der Waals surface area contributed by atoms with Crippen molar-refractivity contribution in [3.8, 4) is 0 Å². The van der Waals surface area contributed by atoms with E-state index in [-0.39, 0.29) is 0 Å². The Morgan fingerprint density at radius 2 is 2.17 bits per heavy atom.